The predicted molar refractivity (Wildman–Crippen MR) is 85.0 cm³/mol. The molecule has 0 bridgehead atoms. The smallest absolute Gasteiger partial charge is 0.277 e. The third-order valence-electron chi connectivity index (χ3n) is 2.79. The van der Waals surface area contributed by atoms with Crippen LogP contribution in [-0.2, 0) is 4.79 Å². The molecule has 7 nitrogen and oxygen atoms in total. The number of rotatable bonds is 5. The van der Waals surface area contributed by atoms with Crippen LogP contribution in [0.2, 0.25) is 0 Å². The van der Waals surface area contributed by atoms with Gasteiger partial charge < -0.3 is 14.8 Å². The molecule has 2 N–H and O–H groups in total. The fourth-order valence-electron chi connectivity index (χ4n) is 1.79. The highest BCUT2D eigenvalue weighted by Crippen LogP contribution is 2.23. The van der Waals surface area contributed by atoms with Gasteiger partial charge in [0.2, 0.25) is 11.8 Å². The minimum absolute atomic E-state index is 0.0920. The molecule has 0 aliphatic carbocycles. The summed E-state index contributed by atoms with van der Waals surface area (Å²) < 4.78 is 5.48. The SMILES string of the molecule is O=C(CSc1nnc(-c2ccncc2)o1)Nc1cccc(O)c1. The quantitative estimate of drug-likeness (QED) is 0.694. The van der Waals surface area contributed by atoms with Gasteiger partial charge in [-0.05, 0) is 24.3 Å². The Morgan fingerprint density at radius 2 is 2.04 bits per heavy atom. The number of benzene rings is 1. The maximum absolute atomic E-state index is 11.9. The van der Waals surface area contributed by atoms with Crippen molar-refractivity contribution in [3.8, 4) is 17.2 Å². The average Bonchev–Trinajstić information content (AvgIpc) is 3.03. The van der Waals surface area contributed by atoms with Gasteiger partial charge in [0.1, 0.15) is 5.75 Å². The van der Waals surface area contributed by atoms with Crippen molar-refractivity contribution < 1.29 is 14.3 Å². The van der Waals surface area contributed by atoms with Crippen LogP contribution in [0.4, 0.5) is 5.69 Å². The van der Waals surface area contributed by atoms with Crippen LogP contribution in [0.1, 0.15) is 0 Å². The summed E-state index contributed by atoms with van der Waals surface area (Å²) >= 11 is 1.14. The van der Waals surface area contributed by atoms with E-state index in [1.54, 1.807) is 36.7 Å². The zero-order valence-electron chi connectivity index (χ0n) is 11.8. The number of carbonyl (C=O) groups is 1. The van der Waals surface area contributed by atoms with Crippen LogP contribution in [0.25, 0.3) is 11.5 Å². The first-order valence-corrected chi connectivity index (χ1v) is 7.65. The van der Waals surface area contributed by atoms with E-state index in [9.17, 15) is 9.90 Å². The highest BCUT2D eigenvalue weighted by atomic mass is 32.2. The number of pyridine rings is 1. The molecule has 0 radical (unpaired) electrons. The van der Waals surface area contributed by atoms with Gasteiger partial charge in [-0.3, -0.25) is 9.78 Å². The van der Waals surface area contributed by atoms with E-state index in [1.165, 1.54) is 12.1 Å². The first-order chi connectivity index (χ1) is 11.2. The average molecular weight is 328 g/mol. The summed E-state index contributed by atoms with van der Waals surface area (Å²) in [6.45, 7) is 0. The lowest BCUT2D eigenvalue weighted by atomic mass is 10.3. The lowest BCUT2D eigenvalue weighted by Crippen LogP contribution is -2.13. The van der Waals surface area contributed by atoms with Crippen LogP contribution in [-0.4, -0.2) is 31.9 Å². The Kier molecular flexibility index (Phi) is 4.53. The minimum atomic E-state index is -0.232. The molecule has 3 aromatic rings. The number of hydrogen-bond acceptors (Lipinski definition) is 7. The largest absolute Gasteiger partial charge is 0.508 e. The molecule has 1 aromatic carbocycles. The van der Waals surface area contributed by atoms with Crippen LogP contribution < -0.4 is 5.32 Å². The van der Waals surface area contributed by atoms with Gasteiger partial charge in [0.25, 0.3) is 5.22 Å². The third kappa shape index (κ3) is 4.07. The molecular weight excluding hydrogens is 316 g/mol. The van der Waals surface area contributed by atoms with E-state index in [0.29, 0.717) is 16.8 Å². The summed E-state index contributed by atoms with van der Waals surface area (Å²) in [4.78, 5) is 15.8. The summed E-state index contributed by atoms with van der Waals surface area (Å²) in [5, 5.41) is 20.2. The molecule has 2 heterocycles. The second kappa shape index (κ2) is 6.93. The van der Waals surface area contributed by atoms with Gasteiger partial charge in [-0.1, -0.05) is 17.8 Å². The van der Waals surface area contributed by atoms with E-state index >= 15 is 0 Å². The summed E-state index contributed by atoms with van der Waals surface area (Å²) in [6, 6.07) is 9.86. The zero-order valence-corrected chi connectivity index (χ0v) is 12.7. The minimum Gasteiger partial charge on any atom is -0.508 e. The number of aromatic nitrogens is 3. The Morgan fingerprint density at radius 1 is 1.22 bits per heavy atom. The lowest BCUT2D eigenvalue weighted by Gasteiger charge is -2.03. The molecule has 0 fully saturated rings. The topological polar surface area (TPSA) is 101 Å². The fourth-order valence-corrected chi connectivity index (χ4v) is 2.35. The van der Waals surface area contributed by atoms with Crippen molar-refractivity contribution in [2.24, 2.45) is 0 Å². The van der Waals surface area contributed by atoms with Crippen molar-refractivity contribution >= 4 is 23.4 Å². The Balaban J connectivity index is 1.56. The first-order valence-electron chi connectivity index (χ1n) is 6.66. The highest BCUT2D eigenvalue weighted by Gasteiger charge is 2.11. The number of nitrogens with zero attached hydrogens (tertiary/aromatic N) is 3. The molecule has 0 saturated heterocycles. The van der Waals surface area contributed by atoms with Crippen molar-refractivity contribution in [3.05, 3.63) is 48.8 Å². The molecule has 0 aliphatic rings. The van der Waals surface area contributed by atoms with Gasteiger partial charge in [0.05, 0.1) is 5.75 Å². The normalized spacial score (nSPS) is 10.4. The first kappa shape index (κ1) is 15.0. The van der Waals surface area contributed by atoms with Gasteiger partial charge in [-0.2, -0.15) is 0 Å². The van der Waals surface area contributed by atoms with E-state index in [4.69, 9.17) is 4.42 Å². The third-order valence-corrected chi connectivity index (χ3v) is 3.61. The van der Waals surface area contributed by atoms with Crippen LogP contribution in [0.5, 0.6) is 5.75 Å². The molecule has 0 atom stereocenters. The van der Waals surface area contributed by atoms with Gasteiger partial charge in [0, 0.05) is 29.7 Å². The molecule has 3 rings (SSSR count). The Bertz CT molecular complexity index is 807. The number of phenolic OH excluding ortho intramolecular Hbond substituents is 1. The molecule has 116 valence electrons. The summed E-state index contributed by atoms with van der Waals surface area (Å²) in [5.41, 5.74) is 1.29. The fraction of sp³-hybridized carbons (Fsp3) is 0.0667. The number of thioether (sulfide) groups is 1. The van der Waals surface area contributed by atoms with Crippen molar-refractivity contribution in [2.45, 2.75) is 5.22 Å². The van der Waals surface area contributed by atoms with Crippen LogP contribution in [0.3, 0.4) is 0 Å². The molecule has 0 spiro atoms. The second-order valence-corrected chi connectivity index (χ2v) is 5.42. The van der Waals surface area contributed by atoms with Gasteiger partial charge in [-0.25, -0.2) is 0 Å². The number of aromatic hydroxyl groups is 1. The van der Waals surface area contributed by atoms with Crippen LogP contribution in [0, 0.1) is 0 Å². The summed E-state index contributed by atoms with van der Waals surface area (Å²) in [5.74, 6) is 0.357. The molecule has 0 unspecified atom stereocenters. The molecule has 2 aromatic heterocycles. The Morgan fingerprint density at radius 3 is 2.83 bits per heavy atom. The highest BCUT2D eigenvalue weighted by molar-refractivity contribution is 7.99. The number of anilines is 1. The zero-order chi connectivity index (χ0) is 16.1. The predicted octanol–water partition coefficient (Wildman–Crippen LogP) is 2.57. The number of phenols is 1. The number of carbonyl (C=O) groups excluding carboxylic acids is 1. The molecule has 8 heteroatoms. The standard InChI is InChI=1S/C15H12N4O3S/c20-12-3-1-2-11(8-12)17-13(21)9-23-15-19-18-14(22-15)10-4-6-16-7-5-10/h1-8,20H,9H2,(H,17,21). The van der Waals surface area contributed by atoms with Crippen molar-refractivity contribution in [3.63, 3.8) is 0 Å². The molecule has 0 aliphatic heterocycles. The van der Waals surface area contributed by atoms with Crippen molar-refractivity contribution in [1.29, 1.82) is 0 Å². The maximum Gasteiger partial charge on any atom is 0.277 e. The van der Waals surface area contributed by atoms with E-state index < -0.39 is 0 Å². The van der Waals surface area contributed by atoms with E-state index in [1.807, 2.05) is 0 Å². The maximum atomic E-state index is 11.9. The second-order valence-electron chi connectivity index (χ2n) is 4.50. The molecular formula is C15H12N4O3S. The van der Waals surface area contributed by atoms with Crippen molar-refractivity contribution in [2.75, 3.05) is 11.1 Å². The lowest BCUT2D eigenvalue weighted by molar-refractivity contribution is -0.113. The number of nitrogens with one attached hydrogen (secondary N) is 1. The van der Waals surface area contributed by atoms with Gasteiger partial charge >= 0.3 is 0 Å². The van der Waals surface area contributed by atoms with Crippen LogP contribution in [0.15, 0.2) is 58.4 Å². The molecule has 0 saturated carbocycles. The number of hydrogen-bond donors (Lipinski definition) is 2. The summed E-state index contributed by atoms with van der Waals surface area (Å²) in [7, 11) is 0. The number of amides is 1. The Labute approximate surface area is 135 Å². The van der Waals surface area contributed by atoms with Crippen molar-refractivity contribution in [1.82, 2.24) is 15.2 Å². The van der Waals surface area contributed by atoms with E-state index in [-0.39, 0.29) is 17.4 Å². The van der Waals surface area contributed by atoms with E-state index in [0.717, 1.165) is 17.3 Å². The van der Waals surface area contributed by atoms with E-state index in [2.05, 4.69) is 20.5 Å². The van der Waals surface area contributed by atoms with Crippen LogP contribution >= 0.6 is 11.8 Å². The Hall–Kier alpha value is -2.87. The van der Waals surface area contributed by atoms with Gasteiger partial charge in [-0.15, -0.1) is 10.2 Å². The summed E-state index contributed by atoms with van der Waals surface area (Å²) in [6.07, 6.45) is 3.27. The molecule has 1 amide bonds. The molecule has 23 heavy (non-hydrogen) atoms. The monoisotopic (exact) mass is 328 g/mol. The van der Waals surface area contributed by atoms with Gasteiger partial charge in [0.15, 0.2) is 0 Å².